The second kappa shape index (κ2) is 5.04. The first-order valence-corrected chi connectivity index (χ1v) is 7.09. The molecule has 0 saturated heterocycles. The Bertz CT molecular complexity index is 373. The van der Waals surface area contributed by atoms with E-state index in [2.05, 4.69) is 20.9 Å². The summed E-state index contributed by atoms with van der Waals surface area (Å²) < 4.78 is 0.968. The van der Waals surface area contributed by atoms with Crippen LogP contribution in [-0.4, -0.2) is 28.0 Å². The van der Waals surface area contributed by atoms with Gasteiger partial charge < -0.3 is 10.8 Å². The zero-order valence-corrected chi connectivity index (χ0v) is 11.3. The Morgan fingerprint density at radius 3 is 2.94 bits per heavy atom. The van der Waals surface area contributed by atoms with E-state index in [-0.39, 0.29) is 0 Å². The van der Waals surface area contributed by atoms with Crippen molar-refractivity contribution in [3.63, 3.8) is 0 Å². The highest BCUT2D eigenvalue weighted by Crippen LogP contribution is 2.42. The molecule has 0 aliphatic heterocycles. The highest BCUT2D eigenvalue weighted by molar-refractivity contribution is 9.10. The minimum absolute atomic E-state index is 0.328. The molecule has 1 aliphatic rings. The smallest absolute Gasteiger partial charge is 0.110 e. The lowest BCUT2D eigenvalue weighted by Gasteiger charge is -2.25. The number of rotatable bonds is 5. The third kappa shape index (κ3) is 2.77. The van der Waals surface area contributed by atoms with Gasteiger partial charge in [0, 0.05) is 23.0 Å². The van der Waals surface area contributed by atoms with Gasteiger partial charge in [0.15, 0.2) is 0 Å². The molecule has 1 aromatic heterocycles. The molecule has 1 atom stereocenters. The van der Waals surface area contributed by atoms with Crippen LogP contribution in [0.4, 0.5) is 0 Å². The predicted molar refractivity (Wildman–Crippen MR) is 69.4 cm³/mol. The number of nitrogens with zero attached hydrogens (tertiary/aromatic N) is 1. The summed E-state index contributed by atoms with van der Waals surface area (Å²) >= 11 is 5.00. The Hall–Kier alpha value is -0.100. The fraction of sp³-hybridized carbons (Fsp3) is 0.545. The number of halogens is 1. The van der Waals surface area contributed by atoms with E-state index >= 15 is 0 Å². The summed E-state index contributed by atoms with van der Waals surface area (Å²) in [7, 11) is 0. The Labute approximate surface area is 108 Å². The fourth-order valence-electron chi connectivity index (χ4n) is 1.63. The van der Waals surface area contributed by atoms with Gasteiger partial charge in [0.1, 0.15) is 5.03 Å². The first kappa shape index (κ1) is 12.4. The van der Waals surface area contributed by atoms with Crippen LogP contribution in [-0.2, 0) is 0 Å². The summed E-state index contributed by atoms with van der Waals surface area (Å²) in [6.45, 7) is 0.328. The maximum absolute atomic E-state index is 10.3. The summed E-state index contributed by atoms with van der Waals surface area (Å²) in [4.78, 5) is 4.26. The molecule has 1 aliphatic carbocycles. The zero-order valence-electron chi connectivity index (χ0n) is 8.90. The van der Waals surface area contributed by atoms with Crippen LogP contribution in [0.1, 0.15) is 12.8 Å². The molecule has 1 unspecified atom stereocenters. The fourth-order valence-corrected chi connectivity index (χ4v) is 3.31. The lowest BCUT2D eigenvalue weighted by atomic mass is 10.0. The van der Waals surface area contributed by atoms with Crippen molar-refractivity contribution in [3.05, 3.63) is 22.8 Å². The zero-order chi connectivity index (χ0) is 11.6. The van der Waals surface area contributed by atoms with Crippen molar-refractivity contribution in [3.8, 4) is 0 Å². The van der Waals surface area contributed by atoms with E-state index in [4.69, 9.17) is 5.73 Å². The monoisotopic (exact) mass is 302 g/mol. The third-order valence-electron chi connectivity index (χ3n) is 2.87. The standard InChI is InChI=1S/C11H15BrN2OS/c12-9-2-1-5-14-10(9)16-7-11(15,6-13)8-3-4-8/h1-2,5,8,15H,3-4,6-7,13H2. The number of thioether (sulfide) groups is 1. The molecule has 5 heteroatoms. The molecule has 3 nitrogen and oxygen atoms in total. The van der Waals surface area contributed by atoms with Crippen molar-refractivity contribution in [2.24, 2.45) is 11.7 Å². The molecule has 16 heavy (non-hydrogen) atoms. The number of hydrogen-bond donors (Lipinski definition) is 2. The predicted octanol–water partition coefficient (Wildman–Crippen LogP) is 2.04. The first-order valence-electron chi connectivity index (χ1n) is 5.31. The average Bonchev–Trinajstić information content (AvgIpc) is 3.12. The second-order valence-corrected chi connectivity index (χ2v) is 5.98. The van der Waals surface area contributed by atoms with Crippen LogP contribution in [0.3, 0.4) is 0 Å². The van der Waals surface area contributed by atoms with Gasteiger partial charge in [-0.05, 0) is 46.8 Å². The number of pyridine rings is 1. The molecule has 3 N–H and O–H groups in total. The molecule has 0 aromatic carbocycles. The molecule has 0 bridgehead atoms. The first-order chi connectivity index (χ1) is 7.65. The van der Waals surface area contributed by atoms with Crippen LogP contribution in [0.25, 0.3) is 0 Å². The maximum Gasteiger partial charge on any atom is 0.110 e. The normalized spacial score (nSPS) is 19.4. The lowest BCUT2D eigenvalue weighted by molar-refractivity contribution is 0.0510. The van der Waals surface area contributed by atoms with Crippen molar-refractivity contribution in [2.75, 3.05) is 12.3 Å². The van der Waals surface area contributed by atoms with Crippen molar-refractivity contribution >= 4 is 27.7 Å². The van der Waals surface area contributed by atoms with Gasteiger partial charge in [0.25, 0.3) is 0 Å². The number of nitrogens with two attached hydrogens (primary N) is 1. The molecular formula is C11H15BrN2OS. The molecule has 88 valence electrons. The van der Waals surface area contributed by atoms with E-state index in [1.807, 2.05) is 12.1 Å². The van der Waals surface area contributed by atoms with Crippen LogP contribution in [0.5, 0.6) is 0 Å². The van der Waals surface area contributed by atoms with Gasteiger partial charge in [-0.1, -0.05) is 0 Å². The van der Waals surface area contributed by atoms with E-state index in [0.29, 0.717) is 18.2 Å². The van der Waals surface area contributed by atoms with Crippen LogP contribution >= 0.6 is 27.7 Å². The molecule has 1 fully saturated rings. The third-order valence-corrected chi connectivity index (χ3v) is 5.02. The molecular weight excluding hydrogens is 288 g/mol. The number of aromatic nitrogens is 1. The molecule has 1 heterocycles. The quantitative estimate of drug-likeness (QED) is 0.817. The van der Waals surface area contributed by atoms with Gasteiger partial charge in [-0.25, -0.2) is 4.98 Å². The molecule has 2 rings (SSSR count). The minimum Gasteiger partial charge on any atom is -0.387 e. The summed E-state index contributed by atoms with van der Waals surface area (Å²) in [5.41, 5.74) is 4.93. The van der Waals surface area contributed by atoms with Crippen LogP contribution < -0.4 is 5.73 Å². The molecule has 1 saturated carbocycles. The lowest BCUT2D eigenvalue weighted by Crippen LogP contribution is -2.42. The number of aliphatic hydroxyl groups is 1. The van der Waals surface area contributed by atoms with Gasteiger partial charge >= 0.3 is 0 Å². The molecule has 0 radical (unpaired) electrons. The van der Waals surface area contributed by atoms with Gasteiger partial charge in [0.2, 0.25) is 0 Å². The van der Waals surface area contributed by atoms with Crippen LogP contribution in [0.15, 0.2) is 27.8 Å². The Morgan fingerprint density at radius 2 is 2.38 bits per heavy atom. The van der Waals surface area contributed by atoms with E-state index in [1.165, 1.54) is 0 Å². The van der Waals surface area contributed by atoms with E-state index < -0.39 is 5.60 Å². The van der Waals surface area contributed by atoms with Crippen LogP contribution in [0.2, 0.25) is 0 Å². The van der Waals surface area contributed by atoms with Gasteiger partial charge in [-0.15, -0.1) is 11.8 Å². The van der Waals surface area contributed by atoms with E-state index in [9.17, 15) is 5.11 Å². The Balaban J connectivity index is 1.98. The Morgan fingerprint density at radius 1 is 1.62 bits per heavy atom. The molecule has 1 aromatic rings. The van der Waals surface area contributed by atoms with Gasteiger partial charge in [-0.2, -0.15) is 0 Å². The van der Waals surface area contributed by atoms with Crippen LogP contribution in [0, 0.1) is 5.92 Å². The topological polar surface area (TPSA) is 59.1 Å². The van der Waals surface area contributed by atoms with Crippen molar-refractivity contribution in [1.29, 1.82) is 0 Å². The molecule has 0 amide bonds. The largest absolute Gasteiger partial charge is 0.387 e. The second-order valence-electron chi connectivity index (χ2n) is 4.16. The highest BCUT2D eigenvalue weighted by atomic mass is 79.9. The SMILES string of the molecule is NCC(O)(CSc1ncccc1Br)C1CC1. The summed E-state index contributed by atoms with van der Waals surface area (Å²) in [6, 6.07) is 3.83. The highest BCUT2D eigenvalue weighted by Gasteiger charge is 2.42. The number of hydrogen-bond acceptors (Lipinski definition) is 4. The molecule has 0 spiro atoms. The van der Waals surface area contributed by atoms with Crippen molar-refractivity contribution in [2.45, 2.75) is 23.5 Å². The Kier molecular flexibility index (Phi) is 3.89. The van der Waals surface area contributed by atoms with Gasteiger partial charge in [0.05, 0.1) is 5.60 Å². The summed E-state index contributed by atoms with van der Waals surface area (Å²) in [6.07, 6.45) is 3.95. The van der Waals surface area contributed by atoms with Crippen molar-refractivity contribution < 1.29 is 5.11 Å². The summed E-state index contributed by atoms with van der Waals surface area (Å²) in [5, 5.41) is 11.2. The van der Waals surface area contributed by atoms with E-state index in [1.54, 1.807) is 18.0 Å². The summed E-state index contributed by atoms with van der Waals surface area (Å²) in [5.74, 6) is 0.997. The van der Waals surface area contributed by atoms with E-state index in [0.717, 1.165) is 22.3 Å². The van der Waals surface area contributed by atoms with Gasteiger partial charge in [-0.3, -0.25) is 0 Å². The van der Waals surface area contributed by atoms with Crippen molar-refractivity contribution in [1.82, 2.24) is 4.98 Å². The maximum atomic E-state index is 10.3. The minimum atomic E-state index is -0.721. The average molecular weight is 303 g/mol.